The molecule has 0 spiro atoms. The van der Waals surface area contributed by atoms with Crippen molar-refractivity contribution >= 4 is 17.3 Å². The van der Waals surface area contributed by atoms with Crippen molar-refractivity contribution in [3.63, 3.8) is 0 Å². The van der Waals surface area contributed by atoms with E-state index in [0.29, 0.717) is 22.9 Å². The second-order valence-electron chi connectivity index (χ2n) is 4.65. The molecule has 0 aliphatic carbocycles. The van der Waals surface area contributed by atoms with E-state index in [1.807, 2.05) is 0 Å². The van der Waals surface area contributed by atoms with Crippen molar-refractivity contribution in [1.82, 2.24) is 5.48 Å². The minimum Gasteiger partial charge on any atom is -0.352 e. The van der Waals surface area contributed by atoms with Gasteiger partial charge in [-0.05, 0) is 36.8 Å². The quantitative estimate of drug-likeness (QED) is 0.352. The molecule has 0 atom stereocenters. The van der Waals surface area contributed by atoms with Crippen molar-refractivity contribution in [2.45, 2.75) is 6.92 Å². The summed E-state index contributed by atoms with van der Waals surface area (Å²) in [6, 6.07) is 5.16. The van der Waals surface area contributed by atoms with Crippen LogP contribution in [0.2, 0.25) is 0 Å². The van der Waals surface area contributed by atoms with Crippen molar-refractivity contribution in [2.75, 3.05) is 5.32 Å². The van der Waals surface area contributed by atoms with Gasteiger partial charge in [0, 0.05) is 11.3 Å². The Kier molecular flexibility index (Phi) is 4.57. The highest BCUT2D eigenvalue weighted by atomic mass is 19.2. The molecule has 4 nitrogen and oxygen atoms in total. The van der Waals surface area contributed by atoms with E-state index in [-0.39, 0.29) is 0 Å². The van der Waals surface area contributed by atoms with Gasteiger partial charge < -0.3 is 5.32 Å². The molecule has 118 valence electrons. The molecule has 7 heteroatoms. The Morgan fingerprint density at radius 1 is 1.22 bits per heavy atom. The predicted octanol–water partition coefficient (Wildman–Crippen LogP) is 3.26. The Hall–Kier alpha value is -2.98. The normalized spacial score (nSPS) is 10.1. The Bertz CT molecular complexity index is 829. The van der Waals surface area contributed by atoms with Crippen LogP contribution >= 0.6 is 0 Å². The summed E-state index contributed by atoms with van der Waals surface area (Å²) in [7, 11) is 0. The van der Waals surface area contributed by atoms with Gasteiger partial charge in [0.2, 0.25) is 0 Å². The summed E-state index contributed by atoms with van der Waals surface area (Å²) in [6.07, 6.45) is 5.26. The average molecular weight is 320 g/mol. The van der Waals surface area contributed by atoms with E-state index >= 15 is 0 Å². The number of rotatable bonds is 3. The van der Waals surface area contributed by atoms with Crippen LogP contribution in [0.1, 0.15) is 21.5 Å². The van der Waals surface area contributed by atoms with E-state index in [1.165, 1.54) is 11.5 Å². The minimum atomic E-state index is -1.74. The first-order valence-electron chi connectivity index (χ1n) is 6.35. The van der Waals surface area contributed by atoms with Crippen LogP contribution in [0.4, 0.5) is 24.5 Å². The van der Waals surface area contributed by atoms with E-state index in [1.54, 1.807) is 19.1 Å². The van der Waals surface area contributed by atoms with Gasteiger partial charge in [0.05, 0.1) is 11.3 Å². The maximum Gasteiger partial charge on any atom is 0.276 e. The molecular formula is C16H11F3N2O2. The van der Waals surface area contributed by atoms with Crippen molar-refractivity contribution in [3.8, 4) is 12.3 Å². The monoisotopic (exact) mass is 320 g/mol. The first-order chi connectivity index (χ1) is 10.9. The highest BCUT2D eigenvalue weighted by Crippen LogP contribution is 2.29. The van der Waals surface area contributed by atoms with E-state index in [0.717, 1.165) is 0 Å². The third-order valence-corrected chi connectivity index (χ3v) is 3.16. The standard InChI is InChI=1S/C16H11F3N2O2/c1-3-9-4-5-12(8(2)6-9)20-15-10(16(22)21-23)7-11(17)13(18)14(15)19/h1,4-7,20,23H,2H3,(H,21,22). The number of halogens is 3. The Balaban J connectivity index is 2.57. The van der Waals surface area contributed by atoms with Crippen molar-refractivity contribution in [3.05, 3.63) is 58.4 Å². The molecule has 0 bridgehead atoms. The average Bonchev–Trinajstić information content (AvgIpc) is 2.55. The fourth-order valence-electron chi connectivity index (χ4n) is 1.98. The van der Waals surface area contributed by atoms with Crippen LogP contribution in [0, 0.1) is 36.7 Å². The number of nitrogens with one attached hydrogen (secondary N) is 2. The van der Waals surface area contributed by atoms with Gasteiger partial charge in [0.1, 0.15) is 0 Å². The summed E-state index contributed by atoms with van der Waals surface area (Å²) >= 11 is 0. The molecule has 0 aromatic heterocycles. The van der Waals surface area contributed by atoms with Crippen molar-refractivity contribution < 1.29 is 23.2 Å². The highest BCUT2D eigenvalue weighted by molar-refractivity contribution is 6.00. The lowest BCUT2D eigenvalue weighted by Gasteiger charge is -2.15. The molecular weight excluding hydrogens is 309 g/mol. The van der Waals surface area contributed by atoms with Crippen LogP contribution < -0.4 is 10.8 Å². The SMILES string of the molecule is C#Cc1ccc(Nc2c(C(=O)NO)cc(F)c(F)c2F)c(C)c1. The second-order valence-corrected chi connectivity index (χ2v) is 4.65. The summed E-state index contributed by atoms with van der Waals surface area (Å²) < 4.78 is 40.8. The number of carbonyl (C=O) groups is 1. The summed E-state index contributed by atoms with van der Waals surface area (Å²) in [5, 5.41) is 11.2. The molecule has 2 aromatic rings. The van der Waals surface area contributed by atoms with Crippen LogP contribution in [0.3, 0.4) is 0 Å². The van der Waals surface area contributed by atoms with Gasteiger partial charge >= 0.3 is 0 Å². The maximum atomic E-state index is 14.0. The first-order valence-corrected chi connectivity index (χ1v) is 6.35. The minimum absolute atomic E-state index is 0.334. The third-order valence-electron chi connectivity index (χ3n) is 3.16. The predicted molar refractivity (Wildman–Crippen MR) is 78.0 cm³/mol. The zero-order valence-electron chi connectivity index (χ0n) is 11.9. The number of aryl methyl sites for hydroxylation is 1. The summed E-state index contributed by atoms with van der Waals surface area (Å²) in [6.45, 7) is 1.66. The van der Waals surface area contributed by atoms with Gasteiger partial charge in [-0.1, -0.05) is 5.92 Å². The van der Waals surface area contributed by atoms with Crippen molar-refractivity contribution in [2.24, 2.45) is 0 Å². The molecule has 2 aromatic carbocycles. The molecule has 3 N–H and O–H groups in total. The number of hydrogen-bond acceptors (Lipinski definition) is 3. The zero-order chi connectivity index (χ0) is 17.1. The molecule has 0 aliphatic heterocycles. The largest absolute Gasteiger partial charge is 0.352 e. The molecule has 0 fully saturated rings. The Morgan fingerprint density at radius 2 is 1.91 bits per heavy atom. The molecule has 0 radical (unpaired) electrons. The lowest BCUT2D eigenvalue weighted by atomic mass is 10.1. The molecule has 0 unspecified atom stereocenters. The van der Waals surface area contributed by atoms with Crippen LogP contribution in [0.5, 0.6) is 0 Å². The number of hydrogen-bond donors (Lipinski definition) is 3. The fourth-order valence-corrected chi connectivity index (χ4v) is 1.98. The lowest BCUT2D eigenvalue weighted by Crippen LogP contribution is -2.21. The van der Waals surface area contributed by atoms with E-state index in [2.05, 4.69) is 11.2 Å². The molecule has 0 saturated heterocycles. The first kappa shape index (κ1) is 16.4. The van der Waals surface area contributed by atoms with Gasteiger partial charge in [-0.15, -0.1) is 6.42 Å². The Labute approximate surface area is 129 Å². The second kappa shape index (κ2) is 6.42. The summed E-state index contributed by atoms with van der Waals surface area (Å²) in [4.78, 5) is 11.5. The van der Waals surface area contributed by atoms with Gasteiger partial charge in [-0.3, -0.25) is 10.0 Å². The summed E-state index contributed by atoms with van der Waals surface area (Å²) in [5.74, 6) is -3.64. The molecule has 2 rings (SSSR count). The van der Waals surface area contributed by atoms with Crippen LogP contribution in [0.15, 0.2) is 24.3 Å². The van der Waals surface area contributed by atoms with Crippen LogP contribution in [-0.4, -0.2) is 11.1 Å². The number of amides is 1. The van der Waals surface area contributed by atoms with E-state index < -0.39 is 34.6 Å². The highest BCUT2D eigenvalue weighted by Gasteiger charge is 2.23. The van der Waals surface area contributed by atoms with Gasteiger partial charge in [-0.2, -0.15) is 0 Å². The molecule has 0 heterocycles. The van der Waals surface area contributed by atoms with Crippen molar-refractivity contribution in [1.29, 1.82) is 0 Å². The smallest absolute Gasteiger partial charge is 0.276 e. The molecule has 1 amide bonds. The van der Waals surface area contributed by atoms with Crippen LogP contribution in [0.25, 0.3) is 0 Å². The number of carbonyl (C=O) groups excluding carboxylic acids is 1. The maximum absolute atomic E-state index is 14.0. The zero-order valence-corrected chi connectivity index (χ0v) is 11.9. The van der Waals surface area contributed by atoms with Gasteiger partial charge in [0.15, 0.2) is 17.5 Å². The van der Waals surface area contributed by atoms with Gasteiger partial charge in [0.25, 0.3) is 5.91 Å². The van der Waals surface area contributed by atoms with E-state index in [4.69, 9.17) is 11.6 Å². The van der Waals surface area contributed by atoms with Crippen LogP contribution in [-0.2, 0) is 0 Å². The number of hydroxylamine groups is 1. The molecule has 0 saturated carbocycles. The lowest BCUT2D eigenvalue weighted by molar-refractivity contribution is 0.0706. The molecule has 23 heavy (non-hydrogen) atoms. The third kappa shape index (κ3) is 3.12. The van der Waals surface area contributed by atoms with Gasteiger partial charge in [-0.25, -0.2) is 18.7 Å². The fraction of sp³-hybridized carbons (Fsp3) is 0.0625. The summed E-state index contributed by atoms with van der Waals surface area (Å²) in [5.41, 5.74) is 1.56. The molecule has 0 aliphatic rings. The Morgan fingerprint density at radius 3 is 2.48 bits per heavy atom. The topological polar surface area (TPSA) is 61.4 Å². The number of benzene rings is 2. The number of anilines is 2. The number of terminal acetylenes is 1. The van der Waals surface area contributed by atoms with E-state index in [9.17, 15) is 18.0 Å².